The Morgan fingerprint density at radius 2 is 1.62 bits per heavy atom. The molecule has 5 heteroatoms. The number of aliphatic hydroxyl groups excluding tert-OH is 1. The Hall–Kier alpha value is -0.130. The number of rotatable bonds is 9. The van der Waals surface area contributed by atoms with Gasteiger partial charge in [-0.25, -0.2) is 0 Å². The molecule has 0 saturated carbocycles. The second-order valence-corrected chi connectivity index (χ2v) is 5.97. The van der Waals surface area contributed by atoms with Crippen LogP contribution in [0.15, 0.2) is 0 Å². The predicted molar refractivity (Wildman–Crippen MR) is 65.0 cm³/mol. The Balaban J connectivity index is 4.03. The highest BCUT2D eigenvalue weighted by Crippen LogP contribution is 2.17. The molecule has 0 saturated heterocycles. The third-order valence-corrected chi connectivity index (χ3v) is 4.15. The van der Waals surface area contributed by atoms with Crippen LogP contribution in [0, 0.1) is 0 Å². The van der Waals surface area contributed by atoms with E-state index in [1.54, 1.807) is 0 Å². The minimum Gasteiger partial charge on any atom is -0.393 e. The standard InChI is InChI=1S/C11H24O4S/c1-3-5-8-11(16(13,14)15)9-6-7-10(12)4-2/h10-12H,3-9H2,1-2H3,(H,13,14,15). The minimum absolute atomic E-state index is 0.353. The summed E-state index contributed by atoms with van der Waals surface area (Å²) >= 11 is 0. The second kappa shape index (κ2) is 8.03. The first-order valence-corrected chi connectivity index (χ1v) is 7.56. The van der Waals surface area contributed by atoms with Gasteiger partial charge in [0.2, 0.25) is 0 Å². The van der Waals surface area contributed by atoms with Crippen LogP contribution >= 0.6 is 0 Å². The minimum atomic E-state index is -3.92. The number of aliphatic hydroxyl groups is 1. The molecule has 4 nitrogen and oxygen atoms in total. The van der Waals surface area contributed by atoms with Crippen molar-refractivity contribution in [1.29, 1.82) is 0 Å². The molecule has 0 amide bonds. The average molecular weight is 252 g/mol. The molecule has 0 aliphatic heterocycles. The van der Waals surface area contributed by atoms with Gasteiger partial charge in [0.15, 0.2) is 0 Å². The van der Waals surface area contributed by atoms with Crippen molar-refractivity contribution in [3.05, 3.63) is 0 Å². The van der Waals surface area contributed by atoms with Crippen LogP contribution in [0.25, 0.3) is 0 Å². The predicted octanol–water partition coefficient (Wildman–Crippen LogP) is 2.37. The van der Waals surface area contributed by atoms with Crippen LogP contribution < -0.4 is 0 Å². The largest absolute Gasteiger partial charge is 0.393 e. The summed E-state index contributed by atoms with van der Waals surface area (Å²) in [4.78, 5) is 0. The molecule has 0 bridgehead atoms. The number of hydrogen-bond donors (Lipinski definition) is 2. The van der Waals surface area contributed by atoms with Gasteiger partial charge < -0.3 is 5.11 Å². The van der Waals surface area contributed by atoms with Crippen LogP contribution in [0.5, 0.6) is 0 Å². The summed E-state index contributed by atoms with van der Waals surface area (Å²) in [6.07, 6.45) is 4.26. The van der Waals surface area contributed by atoms with Crippen molar-refractivity contribution in [3.63, 3.8) is 0 Å². The van der Waals surface area contributed by atoms with Crippen LogP contribution in [0.1, 0.15) is 58.8 Å². The van der Waals surface area contributed by atoms with E-state index in [0.717, 1.165) is 12.8 Å². The zero-order valence-electron chi connectivity index (χ0n) is 10.2. The third kappa shape index (κ3) is 7.19. The maximum absolute atomic E-state index is 11.1. The van der Waals surface area contributed by atoms with E-state index in [2.05, 4.69) is 0 Å². The quantitative estimate of drug-likeness (QED) is 0.618. The van der Waals surface area contributed by atoms with Crippen molar-refractivity contribution < 1.29 is 18.1 Å². The van der Waals surface area contributed by atoms with Crippen molar-refractivity contribution in [1.82, 2.24) is 0 Å². The molecule has 0 aliphatic rings. The molecular formula is C11H24O4S. The molecule has 0 aromatic heterocycles. The van der Waals surface area contributed by atoms with Gasteiger partial charge in [-0.1, -0.05) is 26.7 Å². The van der Waals surface area contributed by atoms with Gasteiger partial charge in [0.25, 0.3) is 10.1 Å². The van der Waals surface area contributed by atoms with E-state index in [1.165, 1.54) is 0 Å². The summed E-state index contributed by atoms with van der Waals surface area (Å²) in [5.41, 5.74) is 0. The summed E-state index contributed by atoms with van der Waals surface area (Å²) < 4.78 is 31.2. The van der Waals surface area contributed by atoms with Gasteiger partial charge in [0.05, 0.1) is 11.4 Å². The van der Waals surface area contributed by atoms with E-state index in [9.17, 15) is 13.5 Å². The van der Waals surface area contributed by atoms with E-state index in [0.29, 0.717) is 32.1 Å². The fraction of sp³-hybridized carbons (Fsp3) is 1.00. The summed E-state index contributed by atoms with van der Waals surface area (Å²) in [5, 5.41) is 8.68. The molecule has 2 unspecified atom stereocenters. The Morgan fingerprint density at radius 3 is 2.06 bits per heavy atom. The van der Waals surface area contributed by atoms with Gasteiger partial charge >= 0.3 is 0 Å². The Bertz CT molecular complexity index is 261. The molecule has 0 radical (unpaired) electrons. The lowest BCUT2D eigenvalue weighted by Crippen LogP contribution is -2.21. The second-order valence-electron chi connectivity index (χ2n) is 4.27. The molecule has 2 atom stereocenters. The topological polar surface area (TPSA) is 74.6 Å². The average Bonchev–Trinajstić information content (AvgIpc) is 2.20. The number of hydrogen-bond acceptors (Lipinski definition) is 3. The van der Waals surface area contributed by atoms with Crippen LogP contribution in [0.2, 0.25) is 0 Å². The molecule has 0 aromatic rings. The van der Waals surface area contributed by atoms with Gasteiger partial charge in [-0.15, -0.1) is 0 Å². The molecule has 0 fully saturated rings. The highest BCUT2D eigenvalue weighted by molar-refractivity contribution is 7.86. The molecule has 0 spiro atoms. The highest BCUT2D eigenvalue weighted by Gasteiger charge is 2.21. The molecule has 2 N–H and O–H groups in total. The zero-order valence-corrected chi connectivity index (χ0v) is 11.0. The van der Waals surface area contributed by atoms with E-state index >= 15 is 0 Å². The fourth-order valence-corrected chi connectivity index (χ4v) is 2.59. The normalized spacial score (nSPS) is 16.0. The first kappa shape index (κ1) is 15.9. The first-order chi connectivity index (χ1) is 7.41. The Morgan fingerprint density at radius 1 is 1.06 bits per heavy atom. The fourth-order valence-electron chi connectivity index (χ4n) is 1.66. The van der Waals surface area contributed by atoms with Crippen LogP contribution in [-0.4, -0.2) is 29.4 Å². The van der Waals surface area contributed by atoms with Crippen molar-refractivity contribution in [2.45, 2.75) is 70.1 Å². The van der Waals surface area contributed by atoms with Crippen molar-refractivity contribution in [2.24, 2.45) is 0 Å². The maximum Gasteiger partial charge on any atom is 0.267 e. The highest BCUT2D eigenvalue weighted by atomic mass is 32.2. The smallest absolute Gasteiger partial charge is 0.267 e. The molecule has 0 aromatic carbocycles. The Labute approximate surface area is 98.8 Å². The van der Waals surface area contributed by atoms with Gasteiger partial charge in [0, 0.05) is 0 Å². The van der Waals surface area contributed by atoms with Gasteiger partial charge in [0.1, 0.15) is 0 Å². The molecule has 16 heavy (non-hydrogen) atoms. The SMILES string of the molecule is CCCCC(CCCC(O)CC)S(=O)(=O)O. The molecule has 0 aliphatic carbocycles. The molecule has 0 heterocycles. The maximum atomic E-state index is 11.1. The first-order valence-electron chi connectivity index (χ1n) is 6.06. The lowest BCUT2D eigenvalue weighted by Gasteiger charge is -2.14. The molecule has 0 rings (SSSR count). The lowest BCUT2D eigenvalue weighted by atomic mass is 10.1. The third-order valence-electron chi connectivity index (χ3n) is 2.84. The van der Waals surface area contributed by atoms with Crippen LogP contribution in [0.4, 0.5) is 0 Å². The molecular weight excluding hydrogens is 228 g/mol. The molecule has 98 valence electrons. The van der Waals surface area contributed by atoms with Crippen molar-refractivity contribution >= 4 is 10.1 Å². The van der Waals surface area contributed by atoms with Crippen LogP contribution in [0.3, 0.4) is 0 Å². The number of unbranched alkanes of at least 4 members (excludes halogenated alkanes) is 1. The van der Waals surface area contributed by atoms with E-state index < -0.39 is 15.4 Å². The van der Waals surface area contributed by atoms with E-state index in [-0.39, 0.29) is 6.10 Å². The monoisotopic (exact) mass is 252 g/mol. The zero-order chi connectivity index (χ0) is 12.6. The van der Waals surface area contributed by atoms with Gasteiger partial charge in [-0.3, -0.25) is 4.55 Å². The summed E-state index contributed by atoms with van der Waals surface area (Å²) in [6, 6.07) is 0. The van der Waals surface area contributed by atoms with E-state index in [4.69, 9.17) is 4.55 Å². The lowest BCUT2D eigenvalue weighted by molar-refractivity contribution is 0.156. The summed E-state index contributed by atoms with van der Waals surface area (Å²) in [6.45, 7) is 3.88. The van der Waals surface area contributed by atoms with Gasteiger partial charge in [-0.05, 0) is 32.1 Å². The van der Waals surface area contributed by atoms with Crippen molar-refractivity contribution in [3.8, 4) is 0 Å². The van der Waals surface area contributed by atoms with Gasteiger partial charge in [-0.2, -0.15) is 8.42 Å². The van der Waals surface area contributed by atoms with Crippen LogP contribution in [-0.2, 0) is 10.1 Å². The van der Waals surface area contributed by atoms with Crippen molar-refractivity contribution in [2.75, 3.05) is 0 Å². The summed E-state index contributed by atoms with van der Waals surface area (Å²) in [5.74, 6) is 0. The summed E-state index contributed by atoms with van der Waals surface area (Å²) in [7, 11) is -3.92. The Kier molecular flexibility index (Phi) is 7.97. The van der Waals surface area contributed by atoms with E-state index in [1.807, 2.05) is 13.8 Å².